The van der Waals surface area contributed by atoms with E-state index < -0.39 is 86.6 Å². The molecule has 75 heavy (non-hydrogen) atoms. The second kappa shape index (κ2) is 23.0. The van der Waals surface area contributed by atoms with Crippen molar-refractivity contribution in [2.75, 3.05) is 59.0 Å². The van der Waals surface area contributed by atoms with Gasteiger partial charge in [0.05, 0.1) is 80.2 Å². The quantitative estimate of drug-likeness (QED) is 0.0615. The van der Waals surface area contributed by atoms with Crippen molar-refractivity contribution in [1.29, 1.82) is 10.5 Å². The van der Waals surface area contributed by atoms with Crippen molar-refractivity contribution in [2.24, 2.45) is 5.73 Å². The Hall–Kier alpha value is -8.69. The smallest absolute Gasteiger partial charge is 0.268 e. The van der Waals surface area contributed by atoms with E-state index in [-0.39, 0.29) is 23.6 Å². The van der Waals surface area contributed by atoms with Crippen LogP contribution in [0.1, 0.15) is 46.4 Å². The number of aromatic nitrogens is 2. The zero-order valence-electron chi connectivity index (χ0n) is 40.3. The van der Waals surface area contributed by atoms with Gasteiger partial charge in [0.1, 0.15) is 23.6 Å². The number of halogens is 4. The average Bonchev–Trinajstić information content (AvgIpc) is 3.93. The molecule has 21 heteroatoms. The van der Waals surface area contributed by atoms with Gasteiger partial charge in [-0.1, -0.05) is 48.5 Å². The molecule has 2 fully saturated rings. The minimum absolute atomic E-state index is 0.164. The first-order valence-corrected chi connectivity index (χ1v) is 24.0. The zero-order valence-corrected chi connectivity index (χ0v) is 40.3. The molecule has 386 valence electrons. The molecule has 4 heterocycles. The number of nitrogens with two attached hydrogens (primary N) is 1. The van der Waals surface area contributed by atoms with Crippen LogP contribution in [0.2, 0.25) is 0 Å². The Morgan fingerprint density at radius 3 is 1.48 bits per heavy atom. The number of fused-ring (bicyclic) bond motifs is 2. The van der Waals surface area contributed by atoms with Crippen LogP contribution in [0, 0.1) is 22.7 Å². The standard InChI is InChI=1S/C54H50F4N10O7/c55-53(56)25-38(27-59)67(32-53)49(70)30-64-51(72)44-13-15-62-46-23-36(9-11-42(44)46)34-5-1-7-40(21-34)74-19-3-17-66(48(69)29-61)18-4-20-75-41-8-2-6-35(22-41)37-10-12-43-45(14-16-63-47(43)24-37)52(73)65-31-50(71)68-33-54(57,58)26-39(68)28-60/h1-2,5-16,21-24,38-39H,3-4,17-20,25-26,29-33,61H2,(H,64,72)(H,65,73)/t38-,39-/m0/s1. The summed E-state index contributed by atoms with van der Waals surface area (Å²) in [6.45, 7) is -1.66. The predicted octanol–water partition coefficient (Wildman–Crippen LogP) is 6.12. The van der Waals surface area contributed by atoms with Gasteiger partial charge in [-0.25, -0.2) is 17.6 Å². The number of hydrogen-bond acceptors (Lipinski definition) is 12. The molecule has 2 aliphatic rings. The average molecular weight is 1030 g/mol. The molecule has 2 saturated heterocycles. The number of carbonyl (C=O) groups is 5. The summed E-state index contributed by atoms with van der Waals surface area (Å²) < 4.78 is 67.6. The van der Waals surface area contributed by atoms with Gasteiger partial charge in [-0.15, -0.1) is 0 Å². The van der Waals surface area contributed by atoms with Crippen LogP contribution in [0.15, 0.2) is 109 Å². The Morgan fingerprint density at radius 2 is 1.07 bits per heavy atom. The second-order valence-corrected chi connectivity index (χ2v) is 18.0. The Balaban J connectivity index is 0.798. The predicted molar refractivity (Wildman–Crippen MR) is 266 cm³/mol. The Kier molecular flexibility index (Phi) is 16.2. The highest BCUT2D eigenvalue weighted by atomic mass is 19.3. The molecule has 4 aromatic carbocycles. The third-order valence-electron chi connectivity index (χ3n) is 12.8. The van der Waals surface area contributed by atoms with E-state index in [0.29, 0.717) is 72.4 Å². The minimum atomic E-state index is -3.17. The minimum Gasteiger partial charge on any atom is -0.494 e. The third-order valence-corrected chi connectivity index (χ3v) is 12.8. The SMILES string of the molecule is N#C[C@@H]1CC(F)(F)CN1C(=O)CNC(=O)c1ccnc2cc(-c3cccc(OCCCN(CCCOc4cccc(-c5ccc6c(C(=O)NCC(=O)N7CC(F)(F)C[C@H]7C#N)ccnc6c5)c4)C(=O)CN)c3)ccc12. The summed E-state index contributed by atoms with van der Waals surface area (Å²) in [5, 5.41) is 24.4. The normalized spacial score (nSPS) is 16.5. The highest BCUT2D eigenvalue weighted by molar-refractivity contribution is 6.08. The Labute approximate surface area is 427 Å². The topological polar surface area (TPSA) is 237 Å². The Morgan fingerprint density at radius 1 is 0.640 bits per heavy atom. The van der Waals surface area contributed by atoms with E-state index in [1.165, 1.54) is 24.5 Å². The molecule has 4 N–H and O–H groups in total. The maximum atomic E-state index is 13.9. The lowest BCUT2D eigenvalue weighted by Crippen LogP contribution is -2.43. The molecule has 0 aliphatic carbocycles. The van der Waals surface area contributed by atoms with Gasteiger partial charge >= 0.3 is 0 Å². The molecule has 8 rings (SSSR count). The maximum Gasteiger partial charge on any atom is 0.268 e. The fourth-order valence-corrected chi connectivity index (χ4v) is 9.06. The number of rotatable bonds is 19. The monoisotopic (exact) mass is 1030 g/mol. The second-order valence-electron chi connectivity index (χ2n) is 18.0. The van der Waals surface area contributed by atoms with Crippen molar-refractivity contribution in [3.63, 3.8) is 0 Å². The summed E-state index contributed by atoms with van der Waals surface area (Å²) in [7, 11) is 0. The maximum absolute atomic E-state index is 13.9. The van der Waals surface area contributed by atoms with Crippen LogP contribution in [0.5, 0.6) is 11.5 Å². The van der Waals surface area contributed by atoms with Crippen LogP contribution in [0.3, 0.4) is 0 Å². The highest BCUT2D eigenvalue weighted by Crippen LogP contribution is 2.34. The van der Waals surface area contributed by atoms with Gasteiger partial charge in [-0.05, 0) is 83.6 Å². The molecule has 0 radical (unpaired) electrons. The number of alkyl halides is 4. The van der Waals surface area contributed by atoms with Gasteiger partial charge in [0.15, 0.2) is 0 Å². The van der Waals surface area contributed by atoms with E-state index in [0.717, 1.165) is 32.1 Å². The lowest BCUT2D eigenvalue weighted by Gasteiger charge is -2.22. The number of pyridine rings is 2. The van der Waals surface area contributed by atoms with Crippen LogP contribution >= 0.6 is 0 Å². The van der Waals surface area contributed by atoms with E-state index in [1.54, 1.807) is 41.3 Å². The van der Waals surface area contributed by atoms with Crippen molar-refractivity contribution in [1.82, 2.24) is 35.3 Å². The number of likely N-dealkylation sites (tertiary alicyclic amines) is 2. The molecule has 2 atom stereocenters. The number of carbonyl (C=O) groups excluding carboxylic acids is 5. The first-order valence-electron chi connectivity index (χ1n) is 24.0. The fourth-order valence-electron chi connectivity index (χ4n) is 9.06. The van der Waals surface area contributed by atoms with Gasteiger partial charge in [0.2, 0.25) is 17.7 Å². The summed E-state index contributed by atoms with van der Waals surface area (Å²) in [5.74, 6) is -8.15. The van der Waals surface area contributed by atoms with Crippen molar-refractivity contribution >= 4 is 51.3 Å². The summed E-state index contributed by atoms with van der Waals surface area (Å²) in [6.07, 6.45) is 2.43. The number of amides is 5. The van der Waals surface area contributed by atoms with Crippen molar-refractivity contribution in [2.45, 2.75) is 49.6 Å². The molecule has 5 amide bonds. The summed E-state index contributed by atoms with van der Waals surface area (Å²) in [5.41, 5.74) is 10.4. The van der Waals surface area contributed by atoms with Gasteiger partial charge in [0, 0.05) is 49.1 Å². The zero-order chi connectivity index (χ0) is 53.3. The van der Waals surface area contributed by atoms with E-state index in [9.17, 15) is 52.1 Å². The van der Waals surface area contributed by atoms with Gasteiger partial charge < -0.3 is 40.5 Å². The fraction of sp³-hybridized carbons (Fsp3) is 0.315. The van der Waals surface area contributed by atoms with Crippen molar-refractivity contribution < 1.29 is 51.0 Å². The number of hydrogen-bond donors (Lipinski definition) is 3. The van der Waals surface area contributed by atoms with E-state index >= 15 is 0 Å². The molecule has 2 aromatic heterocycles. The number of nitriles is 2. The van der Waals surface area contributed by atoms with E-state index in [1.807, 2.05) is 60.7 Å². The van der Waals surface area contributed by atoms with E-state index in [4.69, 9.17) is 15.2 Å². The lowest BCUT2D eigenvalue weighted by molar-refractivity contribution is -0.132. The third kappa shape index (κ3) is 12.7. The highest BCUT2D eigenvalue weighted by Gasteiger charge is 2.48. The molecule has 0 saturated carbocycles. The summed E-state index contributed by atoms with van der Waals surface area (Å²) in [6, 6.07) is 29.4. The molecule has 0 bridgehead atoms. The van der Waals surface area contributed by atoms with Crippen LogP contribution in [-0.2, 0) is 14.4 Å². The van der Waals surface area contributed by atoms with Gasteiger partial charge in [-0.2, -0.15) is 10.5 Å². The summed E-state index contributed by atoms with van der Waals surface area (Å²) in [4.78, 5) is 76.5. The van der Waals surface area contributed by atoms with Crippen LogP contribution < -0.4 is 25.8 Å². The largest absolute Gasteiger partial charge is 0.494 e. The number of ether oxygens (including phenoxy) is 2. The molecule has 6 aromatic rings. The number of nitrogens with zero attached hydrogens (tertiary/aromatic N) is 7. The first-order chi connectivity index (χ1) is 36.0. The molecule has 2 aliphatic heterocycles. The van der Waals surface area contributed by atoms with Crippen molar-refractivity contribution in [3.05, 3.63) is 121 Å². The molecule has 17 nitrogen and oxygen atoms in total. The van der Waals surface area contributed by atoms with Gasteiger partial charge in [0.25, 0.3) is 23.7 Å². The first kappa shape index (κ1) is 52.6. The van der Waals surface area contributed by atoms with Crippen LogP contribution in [-0.4, -0.2) is 137 Å². The molecule has 0 unspecified atom stereocenters. The molecule has 0 spiro atoms. The Bertz CT molecular complexity index is 3030. The van der Waals surface area contributed by atoms with Gasteiger partial charge in [-0.3, -0.25) is 33.9 Å². The number of benzene rings is 4. The molecular weight excluding hydrogens is 977 g/mol. The lowest BCUT2D eigenvalue weighted by atomic mass is 10.0. The van der Waals surface area contributed by atoms with Crippen molar-refractivity contribution in [3.8, 4) is 45.9 Å². The van der Waals surface area contributed by atoms with Crippen LogP contribution in [0.25, 0.3) is 44.1 Å². The number of nitrogens with one attached hydrogen (secondary N) is 2. The molecular formula is C54H50F4N10O7. The van der Waals surface area contributed by atoms with Crippen LogP contribution in [0.4, 0.5) is 17.6 Å². The van der Waals surface area contributed by atoms with E-state index in [2.05, 4.69) is 20.6 Å². The summed E-state index contributed by atoms with van der Waals surface area (Å²) >= 11 is 0.